The maximum atomic E-state index is 11.2. The zero-order valence-electron chi connectivity index (χ0n) is 12.8. The molecule has 0 fully saturated rings. The molecule has 0 aliphatic carbocycles. The van der Waals surface area contributed by atoms with Crippen molar-refractivity contribution in [2.75, 3.05) is 17.2 Å². The molecule has 1 unspecified atom stereocenters. The summed E-state index contributed by atoms with van der Waals surface area (Å²) in [5.74, 6) is 0.0991. The molecule has 0 bridgehead atoms. The van der Waals surface area contributed by atoms with E-state index >= 15 is 0 Å². The zero-order chi connectivity index (χ0) is 16.8. The van der Waals surface area contributed by atoms with Crippen LogP contribution in [0.5, 0.6) is 0 Å². The SMILES string of the molecule is CC1=N[n+]2ccc3ccccc3c2N(CCS(=O)(=O)O)C1(C)O. The Hall–Kier alpha value is -2.03. The summed E-state index contributed by atoms with van der Waals surface area (Å²) < 4.78 is 33.0. The van der Waals surface area contributed by atoms with Crippen molar-refractivity contribution in [1.29, 1.82) is 0 Å². The fourth-order valence-electron chi connectivity index (χ4n) is 2.73. The molecule has 2 aromatic rings. The third-order valence-corrected chi connectivity index (χ3v) is 4.81. The topological polar surface area (TPSA) is 94.1 Å². The number of benzene rings is 1. The predicted molar refractivity (Wildman–Crippen MR) is 87.0 cm³/mol. The number of nitrogens with zero attached hydrogens (tertiary/aromatic N) is 3. The Morgan fingerprint density at radius 3 is 2.70 bits per heavy atom. The summed E-state index contributed by atoms with van der Waals surface area (Å²) >= 11 is 0. The third kappa shape index (κ3) is 2.80. The van der Waals surface area contributed by atoms with Crippen molar-refractivity contribution in [3.63, 3.8) is 0 Å². The molecule has 1 aromatic heterocycles. The Kier molecular flexibility index (Phi) is 3.62. The molecular weight excluding hydrogens is 318 g/mol. The van der Waals surface area contributed by atoms with Crippen LogP contribution in [0.4, 0.5) is 5.82 Å². The molecule has 0 saturated heterocycles. The quantitative estimate of drug-likeness (QED) is 0.638. The first-order chi connectivity index (χ1) is 10.7. The lowest BCUT2D eigenvalue weighted by atomic mass is 10.1. The molecule has 2 heterocycles. The third-order valence-electron chi connectivity index (χ3n) is 4.11. The summed E-state index contributed by atoms with van der Waals surface area (Å²) in [5, 5.41) is 17.0. The van der Waals surface area contributed by atoms with Crippen LogP contribution in [0, 0.1) is 0 Å². The second kappa shape index (κ2) is 5.26. The first-order valence-corrected chi connectivity index (χ1v) is 8.76. The Morgan fingerprint density at radius 1 is 1.30 bits per heavy atom. The van der Waals surface area contributed by atoms with Crippen LogP contribution >= 0.6 is 0 Å². The van der Waals surface area contributed by atoms with Crippen LogP contribution in [0.1, 0.15) is 13.8 Å². The van der Waals surface area contributed by atoms with E-state index in [4.69, 9.17) is 4.55 Å². The number of fused-ring (bicyclic) bond motifs is 3. The van der Waals surface area contributed by atoms with Gasteiger partial charge in [-0.1, -0.05) is 23.3 Å². The summed E-state index contributed by atoms with van der Waals surface area (Å²) in [6.07, 6.45) is 1.76. The first kappa shape index (κ1) is 15.9. The fraction of sp³-hybridized carbons (Fsp3) is 0.333. The van der Waals surface area contributed by atoms with E-state index in [1.165, 1.54) is 0 Å². The summed E-state index contributed by atoms with van der Waals surface area (Å²) in [4.78, 5) is 1.55. The highest BCUT2D eigenvalue weighted by Crippen LogP contribution is 2.30. The van der Waals surface area contributed by atoms with Crippen LogP contribution in [0.15, 0.2) is 41.6 Å². The van der Waals surface area contributed by atoms with E-state index in [0.29, 0.717) is 11.5 Å². The second-order valence-electron chi connectivity index (χ2n) is 5.72. The van der Waals surface area contributed by atoms with E-state index in [2.05, 4.69) is 5.10 Å². The highest BCUT2D eigenvalue weighted by Gasteiger charge is 2.46. The summed E-state index contributed by atoms with van der Waals surface area (Å²) in [5.41, 5.74) is -1.02. The first-order valence-electron chi connectivity index (χ1n) is 7.15. The van der Waals surface area contributed by atoms with Crippen molar-refractivity contribution in [3.05, 3.63) is 36.5 Å². The monoisotopic (exact) mass is 336 g/mol. The van der Waals surface area contributed by atoms with Gasteiger partial charge in [0.05, 0.1) is 5.39 Å². The van der Waals surface area contributed by atoms with Gasteiger partial charge in [0, 0.05) is 6.92 Å². The van der Waals surface area contributed by atoms with Gasteiger partial charge in [0.25, 0.3) is 10.1 Å². The van der Waals surface area contributed by atoms with Gasteiger partial charge < -0.3 is 5.11 Å². The Balaban J connectivity index is 2.22. The minimum absolute atomic E-state index is 0.0628. The molecule has 0 amide bonds. The van der Waals surface area contributed by atoms with Crippen LogP contribution in [-0.2, 0) is 10.1 Å². The highest BCUT2D eigenvalue weighted by molar-refractivity contribution is 7.85. The Bertz CT molecular complexity index is 906. The van der Waals surface area contributed by atoms with Gasteiger partial charge in [-0.2, -0.15) is 8.42 Å². The summed E-state index contributed by atoms with van der Waals surface area (Å²) in [6, 6.07) is 9.48. The van der Waals surface area contributed by atoms with Crippen LogP contribution in [0.25, 0.3) is 10.8 Å². The van der Waals surface area contributed by atoms with E-state index in [1.54, 1.807) is 29.6 Å². The van der Waals surface area contributed by atoms with E-state index in [-0.39, 0.29) is 6.54 Å². The fourth-order valence-corrected chi connectivity index (χ4v) is 3.14. The summed E-state index contributed by atoms with van der Waals surface area (Å²) in [7, 11) is -4.15. The molecular formula is C15H18N3O4S+. The number of rotatable bonds is 3. The molecule has 1 aliphatic heterocycles. The molecule has 0 spiro atoms. The molecule has 0 saturated carbocycles. The van der Waals surface area contributed by atoms with Crippen molar-refractivity contribution in [1.82, 2.24) is 0 Å². The lowest BCUT2D eigenvalue weighted by Gasteiger charge is -2.34. The van der Waals surface area contributed by atoms with Crippen molar-refractivity contribution < 1.29 is 22.8 Å². The van der Waals surface area contributed by atoms with Crippen molar-refractivity contribution in [2.24, 2.45) is 5.10 Å². The van der Waals surface area contributed by atoms with Crippen LogP contribution < -0.4 is 9.58 Å². The van der Waals surface area contributed by atoms with E-state index in [1.807, 2.05) is 30.3 Å². The van der Waals surface area contributed by atoms with E-state index in [0.717, 1.165) is 10.8 Å². The van der Waals surface area contributed by atoms with Gasteiger partial charge in [0.15, 0.2) is 0 Å². The maximum absolute atomic E-state index is 11.2. The molecule has 1 aromatic carbocycles. The highest BCUT2D eigenvalue weighted by atomic mass is 32.2. The largest absolute Gasteiger partial charge is 0.349 e. The van der Waals surface area contributed by atoms with Gasteiger partial charge in [-0.3, -0.25) is 4.55 Å². The van der Waals surface area contributed by atoms with Gasteiger partial charge >= 0.3 is 5.82 Å². The van der Waals surface area contributed by atoms with Crippen LogP contribution in [-0.4, -0.2) is 41.8 Å². The van der Waals surface area contributed by atoms with Crippen molar-refractivity contribution in [2.45, 2.75) is 19.6 Å². The number of aliphatic hydroxyl groups is 1. The van der Waals surface area contributed by atoms with Gasteiger partial charge in [-0.25, -0.2) is 4.90 Å². The molecule has 23 heavy (non-hydrogen) atoms. The smallest absolute Gasteiger partial charge is 0.312 e. The average Bonchev–Trinajstić information content (AvgIpc) is 2.46. The number of pyridine rings is 1. The van der Waals surface area contributed by atoms with Gasteiger partial charge in [0.2, 0.25) is 5.72 Å². The number of hydrogen-bond donors (Lipinski definition) is 2. The molecule has 2 N–H and O–H groups in total. The second-order valence-corrected chi connectivity index (χ2v) is 7.29. The molecule has 0 radical (unpaired) electrons. The number of anilines is 1. The van der Waals surface area contributed by atoms with Gasteiger partial charge in [-0.15, -0.1) is 4.68 Å². The Morgan fingerprint density at radius 2 is 2.00 bits per heavy atom. The molecule has 8 heteroatoms. The summed E-state index contributed by atoms with van der Waals surface area (Å²) in [6.45, 7) is 3.17. The molecule has 1 aliphatic rings. The van der Waals surface area contributed by atoms with Crippen molar-refractivity contribution >= 4 is 32.4 Å². The predicted octanol–water partition coefficient (Wildman–Crippen LogP) is 0.768. The molecule has 122 valence electrons. The standard InChI is InChI=1S/C15H17N3O4S/c1-11-15(2,19)17(9-10-23(20,21)22)14-13-6-4-3-5-12(13)7-8-18(14)16-11/h3-8,19H,9-10H2,1-2H3/p+1. The maximum Gasteiger partial charge on any atom is 0.312 e. The minimum Gasteiger partial charge on any atom is -0.349 e. The Labute approximate surface area is 134 Å². The number of hydrogen-bond acceptors (Lipinski definition) is 5. The molecule has 1 atom stereocenters. The minimum atomic E-state index is -4.15. The van der Waals surface area contributed by atoms with E-state index < -0.39 is 21.6 Å². The normalized spacial score (nSPS) is 21.2. The number of aromatic nitrogens is 1. The lowest BCUT2D eigenvalue weighted by Crippen LogP contribution is -2.61. The average molecular weight is 336 g/mol. The molecule has 7 nitrogen and oxygen atoms in total. The molecule has 3 rings (SSSR count). The zero-order valence-corrected chi connectivity index (χ0v) is 13.7. The van der Waals surface area contributed by atoms with E-state index in [9.17, 15) is 13.5 Å². The lowest BCUT2D eigenvalue weighted by molar-refractivity contribution is -0.668. The van der Waals surface area contributed by atoms with Crippen LogP contribution in [0.3, 0.4) is 0 Å². The van der Waals surface area contributed by atoms with Crippen molar-refractivity contribution in [3.8, 4) is 0 Å². The van der Waals surface area contributed by atoms with Gasteiger partial charge in [0.1, 0.15) is 24.2 Å². The van der Waals surface area contributed by atoms with Crippen LogP contribution in [0.2, 0.25) is 0 Å². The van der Waals surface area contributed by atoms with Gasteiger partial charge in [-0.05, 0) is 24.4 Å².